The van der Waals surface area contributed by atoms with Crippen LogP contribution in [0.4, 0.5) is 0 Å². The van der Waals surface area contributed by atoms with E-state index >= 15 is 0 Å². The Morgan fingerprint density at radius 2 is 2.00 bits per heavy atom. The molecular formula is C15H13N3O. The SMILES string of the molecule is COc1cc2cc(C)ncc2cc1-c1cccnn1. The van der Waals surface area contributed by atoms with Gasteiger partial charge in [0.25, 0.3) is 0 Å². The Kier molecular flexibility index (Phi) is 2.83. The summed E-state index contributed by atoms with van der Waals surface area (Å²) in [5.74, 6) is 0.790. The lowest BCUT2D eigenvalue weighted by Crippen LogP contribution is -1.92. The molecule has 1 aromatic carbocycles. The van der Waals surface area contributed by atoms with E-state index in [1.54, 1.807) is 13.3 Å². The van der Waals surface area contributed by atoms with Gasteiger partial charge in [0, 0.05) is 29.0 Å². The highest BCUT2D eigenvalue weighted by atomic mass is 16.5. The zero-order valence-corrected chi connectivity index (χ0v) is 10.8. The molecule has 0 aliphatic heterocycles. The van der Waals surface area contributed by atoms with Gasteiger partial charge in [-0.3, -0.25) is 4.98 Å². The predicted octanol–water partition coefficient (Wildman–Crippen LogP) is 3.01. The van der Waals surface area contributed by atoms with Crippen molar-refractivity contribution in [3.8, 4) is 17.0 Å². The van der Waals surface area contributed by atoms with Crippen molar-refractivity contribution >= 4 is 10.8 Å². The Morgan fingerprint density at radius 1 is 1.11 bits per heavy atom. The van der Waals surface area contributed by atoms with Gasteiger partial charge >= 0.3 is 0 Å². The molecule has 0 aliphatic carbocycles. The van der Waals surface area contributed by atoms with Crippen LogP contribution in [0.3, 0.4) is 0 Å². The van der Waals surface area contributed by atoms with Crippen LogP contribution in [0.15, 0.2) is 42.7 Å². The van der Waals surface area contributed by atoms with Gasteiger partial charge in [-0.05, 0) is 42.6 Å². The maximum absolute atomic E-state index is 5.46. The first-order valence-electron chi connectivity index (χ1n) is 6.00. The van der Waals surface area contributed by atoms with Gasteiger partial charge < -0.3 is 4.74 Å². The van der Waals surface area contributed by atoms with Crippen LogP contribution in [0.2, 0.25) is 0 Å². The third-order valence-corrected chi connectivity index (χ3v) is 3.03. The maximum Gasteiger partial charge on any atom is 0.128 e. The van der Waals surface area contributed by atoms with Crippen molar-refractivity contribution in [1.29, 1.82) is 0 Å². The molecule has 2 heterocycles. The van der Waals surface area contributed by atoms with Crippen LogP contribution in [0.1, 0.15) is 5.69 Å². The fraction of sp³-hybridized carbons (Fsp3) is 0.133. The Balaban J connectivity index is 2.27. The average Bonchev–Trinajstić information content (AvgIpc) is 2.46. The summed E-state index contributed by atoms with van der Waals surface area (Å²) in [6, 6.07) is 9.86. The number of hydrogen-bond donors (Lipinski definition) is 0. The summed E-state index contributed by atoms with van der Waals surface area (Å²) < 4.78 is 5.46. The number of aryl methyl sites for hydroxylation is 1. The molecule has 0 amide bonds. The molecule has 3 rings (SSSR count). The monoisotopic (exact) mass is 251 g/mol. The topological polar surface area (TPSA) is 47.9 Å². The van der Waals surface area contributed by atoms with Crippen molar-refractivity contribution in [2.24, 2.45) is 0 Å². The van der Waals surface area contributed by atoms with E-state index in [9.17, 15) is 0 Å². The van der Waals surface area contributed by atoms with Crippen LogP contribution >= 0.6 is 0 Å². The number of nitrogens with zero attached hydrogens (tertiary/aromatic N) is 3. The molecule has 0 N–H and O–H groups in total. The van der Waals surface area contributed by atoms with Crippen molar-refractivity contribution in [2.45, 2.75) is 6.92 Å². The normalized spacial score (nSPS) is 10.6. The van der Waals surface area contributed by atoms with Gasteiger partial charge in [-0.2, -0.15) is 10.2 Å². The molecule has 19 heavy (non-hydrogen) atoms. The highest BCUT2D eigenvalue weighted by Crippen LogP contribution is 2.32. The van der Waals surface area contributed by atoms with E-state index in [2.05, 4.69) is 15.2 Å². The molecule has 2 aromatic heterocycles. The van der Waals surface area contributed by atoms with Crippen LogP contribution < -0.4 is 4.74 Å². The summed E-state index contributed by atoms with van der Waals surface area (Å²) in [6.07, 6.45) is 3.52. The number of hydrogen-bond acceptors (Lipinski definition) is 4. The highest BCUT2D eigenvalue weighted by molar-refractivity contribution is 5.89. The smallest absolute Gasteiger partial charge is 0.128 e. The van der Waals surface area contributed by atoms with Crippen molar-refractivity contribution in [3.05, 3.63) is 48.4 Å². The largest absolute Gasteiger partial charge is 0.496 e. The summed E-state index contributed by atoms with van der Waals surface area (Å²) in [5.41, 5.74) is 2.71. The minimum Gasteiger partial charge on any atom is -0.496 e. The molecule has 4 nitrogen and oxygen atoms in total. The lowest BCUT2D eigenvalue weighted by Gasteiger charge is -2.09. The number of ether oxygens (including phenoxy) is 1. The quantitative estimate of drug-likeness (QED) is 0.702. The van der Waals surface area contributed by atoms with Crippen LogP contribution in [0, 0.1) is 6.92 Å². The second-order valence-electron chi connectivity index (χ2n) is 4.33. The number of benzene rings is 1. The van der Waals surface area contributed by atoms with Crippen molar-refractivity contribution in [2.75, 3.05) is 7.11 Å². The van der Waals surface area contributed by atoms with E-state index in [1.165, 1.54) is 0 Å². The van der Waals surface area contributed by atoms with Gasteiger partial charge in [-0.15, -0.1) is 0 Å². The first-order chi connectivity index (χ1) is 9.28. The fourth-order valence-corrected chi connectivity index (χ4v) is 2.10. The molecular weight excluding hydrogens is 238 g/mol. The standard InChI is InChI=1S/C15H13N3O/c1-10-6-11-8-15(19-2)13(7-12(11)9-16-10)14-4-3-5-17-18-14/h3-9H,1-2H3. The van der Waals surface area contributed by atoms with Gasteiger partial charge in [0.05, 0.1) is 12.8 Å². The molecule has 0 spiro atoms. The van der Waals surface area contributed by atoms with Crippen molar-refractivity contribution in [3.63, 3.8) is 0 Å². The number of aromatic nitrogens is 3. The minimum absolute atomic E-state index is 0.790. The summed E-state index contributed by atoms with van der Waals surface area (Å²) in [5, 5.41) is 10.2. The summed E-state index contributed by atoms with van der Waals surface area (Å²) in [4.78, 5) is 4.32. The lowest BCUT2D eigenvalue weighted by molar-refractivity contribution is 0.417. The van der Waals surface area contributed by atoms with Gasteiger partial charge in [-0.1, -0.05) is 0 Å². The van der Waals surface area contributed by atoms with E-state index in [0.29, 0.717) is 0 Å². The Bertz CT molecular complexity index is 726. The van der Waals surface area contributed by atoms with E-state index in [4.69, 9.17) is 4.74 Å². The number of fused-ring (bicyclic) bond motifs is 1. The van der Waals surface area contributed by atoms with Gasteiger partial charge in [0.2, 0.25) is 0 Å². The molecule has 94 valence electrons. The van der Waals surface area contributed by atoms with Gasteiger partial charge in [0.1, 0.15) is 5.75 Å². The molecule has 4 heteroatoms. The Morgan fingerprint density at radius 3 is 2.74 bits per heavy atom. The lowest BCUT2D eigenvalue weighted by atomic mass is 10.0. The molecule has 0 atom stereocenters. The first kappa shape index (κ1) is 11.6. The Hall–Kier alpha value is -2.49. The molecule has 0 saturated heterocycles. The van der Waals surface area contributed by atoms with Crippen LogP contribution in [-0.4, -0.2) is 22.3 Å². The van der Waals surface area contributed by atoms with E-state index < -0.39 is 0 Å². The number of rotatable bonds is 2. The van der Waals surface area contributed by atoms with E-state index in [0.717, 1.165) is 33.5 Å². The molecule has 0 saturated carbocycles. The van der Waals surface area contributed by atoms with Crippen molar-refractivity contribution < 1.29 is 4.74 Å². The Labute approximate surface area is 111 Å². The second-order valence-corrected chi connectivity index (χ2v) is 4.33. The van der Waals surface area contributed by atoms with Gasteiger partial charge in [-0.25, -0.2) is 0 Å². The first-order valence-corrected chi connectivity index (χ1v) is 6.00. The van der Waals surface area contributed by atoms with E-state index in [-0.39, 0.29) is 0 Å². The average molecular weight is 251 g/mol. The zero-order chi connectivity index (χ0) is 13.2. The maximum atomic E-state index is 5.46. The third-order valence-electron chi connectivity index (χ3n) is 3.03. The number of pyridine rings is 1. The minimum atomic E-state index is 0.790. The molecule has 0 unspecified atom stereocenters. The molecule has 0 bridgehead atoms. The van der Waals surface area contributed by atoms with Crippen LogP contribution in [0.25, 0.3) is 22.0 Å². The summed E-state index contributed by atoms with van der Waals surface area (Å²) in [6.45, 7) is 1.97. The van der Waals surface area contributed by atoms with Crippen molar-refractivity contribution in [1.82, 2.24) is 15.2 Å². The van der Waals surface area contributed by atoms with Crippen LogP contribution in [0.5, 0.6) is 5.75 Å². The van der Waals surface area contributed by atoms with Gasteiger partial charge in [0.15, 0.2) is 0 Å². The molecule has 0 aliphatic rings. The third kappa shape index (κ3) is 2.12. The molecule has 0 fully saturated rings. The predicted molar refractivity (Wildman–Crippen MR) is 74.1 cm³/mol. The number of methoxy groups -OCH3 is 1. The highest BCUT2D eigenvalue weighted by Gasteiger charge is 2.09. The van der Waals surface area contributed by atoms with E-state index in [1.807, 2.05) is 43.5 Å². The fourth-order valence-electron chi connectivity index (χ4n) is 2.10. The molecule has 3 aromatic rings. The zero-order valence-electron chi connectivity index (χ0n) is 10.8. The summed E-state index contributed by atoms with van der Waals surface area (Å²) in [7, 11) is 1.66. The molecule has 0 radical (unpaired) electrons. The second kappa shape index (κ2) is 4.65. The van der Waals surface area contributed by atoms with Crippen LogP contribution in [-0.2, 0) is 0 Å². The summed E-state index contributed by atoms with van der Waals surface area (Å²) >= 11 is 0.